The molecule has 0 saturated carbocycles. The number of hydrogen-bond donors (Lipinski definition) is 2. The lowest BCUT2D eigenvalue weighted by Gasteiger charge is -2.13. The van der Waals surface area contributed by atoms with Gasteiger partial charge in [-0.25, -0.2) is 4.79 Å². The van der Waals surface area contributed by atoms with Crippen molar-refractivity contribution in [1.82, 2.24) is 15.5 Å². The zero-order valence-corrected chi connectivity index (χ0v) is 8.91. The van der Waals surface area contributed by atoms with E-state index in [1.165, 1.54) is 7.11 Å². The average molecular weight is 215 g/mol. The average Bonchev–Trinajstić information content (AvgIpc) is 2.63. The Labute approximate surface area is 88.9 Å². The Balaban J connectivity index is 1.97. The van der Waals surface area contributed by atoms with Gasteiger partial charge < -0.3 is 20.3 Å². The summed E-state index contributed by atoms with van der Waals surface area (Å²) in [5.74, 6) is -0.221. The topological polar surface area (TPSA) is 70.7 Å². The number of esters is 1. The summed E-state index contributed by atoms with van der Waals surface area (Å²) in [5.41, 5.74) is 0. The molecule has 0 aromatic heterocycles. The molecule has 1 aliphatic rings. The largest absolute Gasteiger partial charge is 0.469 e. The van der Waals surface area contributed by atoms with E-state index in [0.717, 1.165) is 13.1 Å². The fourth-order valence-corrected chi connectivity index (χ4v) is 1.36. The Morgan fingerprint density at radius 1 is 1.60 bits per heavy atom. The lowest BCUT2D eigenvalue weighted by molar-refractivity contribution is -0.140. The van der Waals surface area contributed by atoms with E-state index in [1.807, 2.05) is 0 Å². The van der Waals surface area contributed by atoms with Crippen LogP contribution in [0.1, 0.15) is 6.42 Å². The second kappa shape index (κ2) is 6.23. The highest BCUT2D eigenvalue weighted by Gasteiger charge is 2.17. The van der Waals surface area contributed by atoms with Crippen molar-refractivity contribution in [2.24, 2.45) is 0 Å². The number of carbonyl (C=O) groups is 2. The molecule has 0 spiro atoms. The van der Waals surface area contributed by atoms with Crippen LogP contribution in [-0.4, -0.2) is 56.7 Å². The van der Waals surface area contributed by atoms with Gasteiger partial charge in [-0.3, -0.25) is 4.79 Å². The number of carbonyl (C=O) groups excluding carboxylic acids is 2. The van der Waals surface area contributed by atoms with Crippen LogP contribution >= 0.6 is 0 Å². The highest BCUT2D eigenvalue weighted by Crippen LogP contribution is 1.94. The van der Waals surface area contributed by atoms with Crippen LogP contribution in [0, 0.1) is 0 Å². The third kappa shape index (κ3) is 4.16. The second-order valence-corrected chi connectivity index (χ2v) is 3.30. The molecule has 0 radical (unpaired) electrons. The molecule has 1 aliphatic heterocycles. The summed E-state index contributed by atoms with van der Waals surface area (Å²) >= 11 is 0. The predicted octanol–water partition coefficient (Wildman–Crippen LogP) is -0.836. The molecule has 6 nitrogen and oxygen atoms in total. The van der Waals surface area contributed by atoms with Crippen molar-refractivity contribution >= 4 is 12.0 Å². The van der Waals surface area contributed by atoms with Crippen molar-refractivity contribution < 1.29 is 14.3 Å². The number of rotatable bonds is 6. The van der Waals surface area contributed by atoms with Crippen molar-refractivity contribution in [3.63, 3.8) is 0 Å². The normalized spacial score (nSPS) is 15.3. The van der Waals surface area contributed by atoms with Gasteiger partial charge in [0.2, 0.25) is 0 Å². The van der Waals surface area contributed by atoms with E-state index in [9.17, 15) is 9.59 Å². The molecule has 0 atom stereocenters. The number of ether oxygens (including phenoxy) is 1. The number of methoxy groups -OCH3 is 1. The van der Waals surface area contributed by atoms with Gasteiger partial charge in [0.15, 0.2) is 0 Å². The minimum atomic E-state index is -0.221. The lowest BCUT2D eigenvalue weighted by Crippen LogP contribution is -2.35. The number of urea groups is 1. The van der Waals surface area contributed by atoms with Crippen LogP contribution in [0.3, 0.4) is 0 Å². The molecule has 1 saturated heterocycles. The molecule has 86 valence electrons. The maximum absolute atomic E-state index is 11.1. The van der Waals surface area contributed by atoms with Crippen molar-refractivity contribution in [1.29, 1.82) is 0 Å². The number of nitrogens with one attached hydrogen (secondary N) is 2. The first kappa shape index (κ1) is 11.8. The Bertz CT molecular complexity index is 233. The third-order valence-electron chi connectivity index (χ3n) is 2.24. The van der Waals surface area contributed by atoms with E-state index in [1.54, 1.807) is 4.90 Å². The molecule has 2 N–H and O–H groups in total. The Kier molecular flexibility index (Phi) is 4.89. The van der Waals surface area contributed by atoms with E-state index in [2.05, 4.69) is 15.4 Å². The Hall–Kier alpha value is -1.30. The summed E-state index contributed by atoms with van der Waals surface area (Å²) in [4.78, 5) is 23.6. The van der Waals surface area contributed by atoms with E-state index >= 15 is 0 Å². The van der Waals surface area contributed by atoms with Gasteiger partial charge in [0.05, 0.1) is 13.5 Å². The molecule has 1 fully saturated rings. The zero-order chi connectivity index (χ0) is 11.1. The first-order chi connectivity index (χ1) is 7.24. The van der Waals surface area contributed by atoms with Crippen molar-refractivity contribution in [2.45, 2.75) is 6.42 Å². The minimum absolute atomic E-state index is 0.00947. The highest BCUT2D eigenvalue weighted by molar-refractivity contribution is 5.76. The van der Waals surface area contributed by atoms with Gasteiger partial charge >= 0.3 is 12.0 Å². The van der Waals surface area contributed by atoms with Gasteiger partial charge in [0.1, 0.15) is 0 Å². The van der Waals surface area contributed by atoms with E-state index in [0.29, 0.717) is 26.1 Å². The van der Waals surface area contributed by atoms with Crippen molar-refractivity contribution in [3.05, 3.63) is 0 Å². The molecule has 2 amide bonds. The summed E-state index contributed by atoms with van der Waals surface area (Å²) < 4.78 is 4.49. The van der Waals surface area contributed by atoms with E-state index < -0.39 is 0 Å². The molecule has 0 aromatic carbocycles. The van der Waals surface area contributed by atoms with Crippen LogP contribution < -0.4 is 10.6 Å². The fraction of sp³-hybridized carbons (Fsp3) is 0.778. The molecule has 0 unspecified atom stereocenters. The number of amides is 2. The fourth-order valence-electron chi connectivity index (χ4n) is 1.36. The standard InChI is InChI=1S/C9H17N3O3/c1-15-8(13)2-3-10-4-6-12-7-5-11-9(12)14/h10H,2-7H2,1H3,(H,11,14). The quantitative estimate of drug-likeness (QED) is 0.448. The highest BCUT2D eigenvalue weighted by atomic mass is 16.5. The monoisotopic (exact) mass is 215 g/mol. The first-order valence-electron chi connectivity index (χ1n) is 5.04. The molecule has 1 rings (SSSR count). The molecule has 15 heavy (non-hydrogen) atoms. The second-order valence-electron chi connectivity index (χ2n) is 3.30. The third-order valence-corrected chi connectivity index (χ3v) is 2.24. The zero-order valence-electron chi connectivity index (χ0n) is 8.91. The van der Waals surface area contributed by atoms with Gasteiger partial charge in [-0.15, -0.1) is 0 Å². The van der Waals surface area contributed by atoms with Crippen LogP contribution in [0.4, 0.5) is 4.79 Å². The number of nitrogens with zero attached hydrogens (tertiary/aromatic N) is 1. The lowest BCUT2D eigenvalue weighted by atomic mass is 10.4. The smallest absolute Gasteiger partial charge is 0.317 e. The summed E-state index contributed by atoms with van der Waals surface area (Å²) in [6, 6.07) is -0.00947. The van der Waals surface area contributed by atoms with Gasteiger partial charge in [0, 0.05) is 32.7 Å². The van der Waals surface area contributed by atoms with Crippen LogP contribution in [0.2, 0.25) is 0 Å². The van der Waals surface area contributed by atoms with Crippen LogP contribution in [0.5, 0.6) is 0 Å². The van der Waals surface area contributed by atoms with Crippen LogP contribution in [0.25, 0.3) is 0 Å². The minimum Gasteiger partial charge on any atom is -0.469 e. The van der Waals surface area contributed by atoms with E-state index in [4.69, 9.17) is 0 Å². The van der Waals surface area contributed by atoms with Crippen molar-refractivity contribution in [3.8, 4) is 0 Å². The molecule has 6 heteroatoms. The maximum Gasteiger partial charge on any atom is 0.317 e. The SMILES string of the molecule is COC(=O)CCNCCN1CCNC1=O. The Morgan fingerprint density at radius 2 is 2.40 bits per heavy atom. The summed E-state index contributed by atoms with van der Waals surface area (Å²) in [7, 11) is 1.37. The molecule has 0 aromatic rings. The first-order valence-corrected chi connectivity index (χ1v) is 5.04. The molecule has 1 heterocycles. The maximum atomic E-state index is 11.1. The van der Waals surface area contributed by atoms with Gasteiger partial charge in [0.25, 0.3) is 0 Å². The van der Waals surface area contributed by atoms with Crippen LogP contribution in [-0.2, 0) is 9.53 Å². The van der Waals surface area contributed by atoms with E-state index in [-0.39, 0.29) is 12.0 Å². The molecule has 0 bridgehead atoms. The summed E-state index contributed by atoms with van der Waals surface area (Å²) in [6.07, 6.45) is 0.364. The molecular weight excluding hydrogens is 198 g/mol. The van der Waals surface area contributed by atoms with Crippen molar-refractivity contribution in [2.75, 3.05) is 39.8 Å². The summed E-state index contributed by atoms with van der Waals surface area (Å²) in [5, 5.41) is 5.80. The number of hydrogen-bond acceptors (Lipinski definition) is 4. The van der Waals surface area contributed by atoms with Gasteiger partial charge in [-0.2, -0.15) is 0 Å². The molecular formula is C9H17N3O3. The summed E-state index contributed by atoms with van der Waals surface area (Å²) in [6.45, 7) is 3.44. The molecule has 0 aliphatic carbocycles. The predicted molar refractivity (Wildman–Crippen MR) is 54.5 cm³/mol. The Morgan fingerprint density at radius 3 is 3.00 bits per heavy atom. The van der Waals surface area contributed by atoms with Gasteiger partial charge in [-0.05, 0) is 0 Å². The van der Waals surface area contributed by atoms with Gasteiger partial charge in [-0.1, -0.05) is 0 Å². The van der Waals surface area contributed by atoms with Crippen LogP contribution in [0.15, 0.2) is 0 Å².